The zero-order valence-corrected chi connectivity index (χ0v) is 18.0. The SMILES string of the molecule is Cc1oc2c(c(C)cc3oc(=O)c(CC(=O)NCCc4ccccc4F)c(C)c32)c1C. The Bertz CT molecular complexity index is 1380. The summed E-state index contributed by atoms with van der Waals surface area (Å²) in [6.45, 7) is 7.94. The molecule has 0 atom stereocenters. The monoisotopic (exact) mass is 421 g/mol. The van der Waals surface area contributed by atoms with Crippen molar-refractivity contribution in [2.45, 2.75) is 40.5 Å². The Morgan fingerprint density at radius 2 is 1.77 bits per heavy atom. The van der Waals surface area contributed by atoms with E-state index in [-0.39, 0.29) is 24.7 Å². The summed E-state index contributed by atoms with van der Waals surface area (Å²) in [4.78, 5) is 25.1. The molecular weight excluding hydrogens is 397 g/mol. The first-order valence-corrected chi connectivity index (χ1v) is 10.2. The van der Waals surface area contributed by atoms with E-state index < -0.39 is 5.63 Å². The van der Waals surface area contributed by atoms with Crippen LogP contribution in [-0.4, -0.2) is 12.5 Å². The van der Waals surface area contributed by atoms with Crippen LogP contribution in [0.15, 0.2) is 44.0 Å². The summed E-state index contributed by atoms with van der Waals surface area (Å²) in [6, 6.07) is 8.29. The van der Waals surface area contributed by atoms with Crippen molar-refractivity contribution in [1.29, 1.82) is 0 Å². The molecule has 0 saturated carbocycles. The Kier molecular flexibility index (Phi) is 5.39. The molecule has 0 aliphatic rings. The minimum Gasteiger partial charge on any atom is -0.460 e. The van der Waals surface area contributed by atoms with Crippen LogP contribution in [-0.2, 0) is 17.6 Å². The van der Waals surface area contributed by atoms with Gasteiger partial charge in [0.15, 0.2) is 0 Å². The quantitative estimate of drug-likeness (QED) is 0.469. The van der Waals surface area contributed by atoms with E-state index in [9.17, 15) is 14.0 Å². The average molecular weight is 421 g/mol. The van der Waals surface area contributed by atoms with Crippen molar-refractivity contribution in [3.8, 4) is 0 Å². The van der Waals surface area contributed by atoms with Gasteiger partial charge in [0.2, 0.25) is 5.91 Å². The third kappa shape index (κ3) is 3.74. The van der Waals surface area contributed by atoms with E-state index in [1.165, 1.54) is 6.07 Å². The van der Waals surface area contributed by atoms with Gasteiger partial charge in [-0.05, 0) is 68.5 Å². The van der Waals surface area contributed by atoms with Crippen molar-refractivity contribution in [3.63, 3.8) is 0 Å². The number of rotatable bonds is 5. The smallest absolute Gasteiger partial charge is 0.340 e. The lowest BCUT2D eigenvalue weighted by molar-refractivity contribution is -0.120. The van der Waals surface area contributed by atoms with Gasteiger partial charge in [-0.1, -0.05) is 18.2 Å². The average Bonchev–Trinajstić information content (AvgIpc) is 3.01. The van der Waals surface area contributed by atoms with E-state index in [4.69, 9.17) is 8.83 Å². The third-order valence-electron chi connectivity index (χ3n) is 5.89. The first-order chi connectivity index (χ1) is 14.8. The van der Waals surface area contributed by atoms with Crippen LogP contribution < -0.4 is 10.9 Å². The number of carbonyl (C=O) groups excluding carboxylic acids is 1. The second-order valence-corrected chi connectivity index (χ2v) is 7.92. The second kappa shape index (κ2) is 8.02. The molecule has 0 fully saturated rings. The largest absolute Gasteiger partial charge is 0.460 e. The number of aryl methyl sites for hydroxylation is 4. The van der Waals surface area contributed by atoms with Gasteiger partial charge in [-0.3, -0.25) is 4.79 Å². The molecule has 4 rings (SSSR count). The third-order valence-corrected chi connectivity index (χ3v) is 5.89. The minimum absolute atomic E-state index is 0.116. The molecule has 6 heteroatoms. The van der Waals surface area contributed by atoms with Crippen molar-refractivity contribution in [1.82, 2.24) is 5.32 Å². The van der Waals surface area contributed by atoms with Crippen molar-refractivity contribution in [2.75, 3.05) is 6.54 Å². The number of fused-ring (bicyclic) bond motifs is 3. The summed E-state index contributed by atoms with van der Waals surface area (Å²) in [5.41, 5.74) is 4.11. The lowest BCUT2D eigenvalue weighted by atomic mass is 9.98. The molecule has 1 N–H and O–H groups in total. The van der Waals surface area contributed by atoms with Gasteiger partial charge in [0.25, 0.3) is 0 Å². The number of amides is 1. The van der Waals surface area contributed by atoms with Gasteiger partial charge >= 0.3 is 5.63 Å². The van der Waals surface area contributed by atoms with E-state index in [1.807, 2.05) is 33.8 Å². The molecule has 0 saturated heterocycles. The van der Waals surface area contributed by atoms with Gasteiger partial charge in [0, 0.05) is 11.9 Å². The van der Waals surface area contributed by atoms with Gasteiger partial charge in [-0.25, -0.2) is 9.18 Å². The maximum absolute atomic E-state index is 13.7. The van der Waals surface area contributed by atoms with E-state index in [0.717, 1.165) is 22.3 Å². The molecule has 0 spiro atoms. The van der Waals surface area contributed by atoms with Crippen LogP contribution in [0.5, 0.6) is 0 Å². The van der Waals surface area contributed by atoms with Crippen LogP contribution in [0.1, 0.15) is 33.6 Å². The molecule has 4 aromatic rings. The minimum atomic E-state index is -0.534. The fraction of sp³-hybridized carbons (Fsp3) is 0.280. The number of nitrogens with one attached hydrogen (secondary N) is 1. The Morgan fingerprint density at radius 3 is 2.52 bits per heavy atom. The van der Waals surface area contributed by atoms with Gasteiger partial charge < -0.3 is 14.2 Å². The normalized spacial score (nSPS) is 11.4. The molecule has 0 unspecified atom stereocenters. The molecule has 0 radical (unpaired) electrons. The number of hydrogen-bond donors (Lipinski definition) is 1. The fourth-order valence-corrected chi connectivity index (χ4v) is 4.10. The van der Waals surface area contributed by atoms with Gasteiger partial charge in [0.1, 0.15) is 22.7 Å². The van der Waals surface area contributed by atoms with Crippen LogP contribution in [0.3, 0.4) is 0 Å². The van der Waals surface area contributed by atoms with E-state index in [1.54, 1.807) is 18.2 Å². The highest BCUT2D eigenvalue weighted by Gasteiger charge is 2.21. The fourth-order valence-electron chi connectivity index (χ4n) is 4.10. The Labute approximate surface area is 178 Å². The van der Waals surface area contributed by atoms with E-state index >= 15 is 0 Å². The molecule has 2 aromatic carbocycles. The predicted octanol–water partition coefficient (Wildman–Crippen LogP) is 4.81. The van der Waals surface area contributed by atoms with Crippen LogP contribution >= 0.6 is 0 Å². The highest BCUT2D eigenvalue weighted by molar-refractivity contribution is 6.07. The predicted molar refractivity (Wildman–Crippen MR) is 118 cm³/mol. The number of benzene rings is 2. The summed E-state index contributed by atoms with van der Waals surface area (Å²) in [6.07, 6.45) is 0.254. The summed E-state index contributed by atoms with van der Waals surface area (Å²) in [5.74, 6) is 0.191. The Morgan fingerprint density at radius 1 is 1.03 bits per heavy atom. The van der Waals surface area contributed by atoms with Gasteiger partial charge in [0.05, 0.1) is 17.4 Å². The molecule has 5 nitrogen and oxygen atoms in total. The van der Waals surface area contributed by atoms with Gasteiger partial charge in [-0.15, -0.1) is 0 Å². The van der Waals surface area contributed by atoms with Crippen molar-refractivity contribution >= 4 is 27.8 Å². The summed E-state index contributed by atoms with van der Waals surface area (Å²) in [5, 5.41) is 4.47. The molecule has 0 bridgehead atoms. The highest BCUT2D eigenvalue weighted by atomic mass is 19.1. The number of hydrogen-bond acceptors (Lipinski definition) is 4. The molecule has 1 amide bonds. The molecule has 0 aliphatic carbocycles. The summed E-state index contributed by atoms with van der Waals surface area (Å²) >= 11 is 0. The number of carbonyl (C=O) groups is 1. The van der Waals surface area contributed by atoms with Crippen LogP contribution in [0.2, 0.25) is 0 Å². The zero-order valence-electron chi connectivity index (χ0n) is 18.0. The second-order valence-electron chi connectivity index (χ2n) is 7.92. The summed E-state index contributed by atoms with van der Waals surface area (Å²) in [7, 11) is 0. The zero-order chi connectivity index (χ0) is 22.3. The molecule has 31 heavy (non-hydrogen) atoms. The highest BCUT2D eigenvalue weighted by Crippen LogP contribution is 2.36. The molecule has 2 heterocycles. The number of halogens is 1. The van der Waals surface area contributed by atoms with Crippen molar-refractivity contribution in [3.05, 3.63) is 80.1 Å². The lowest BCUT2D eigenvalue weighted by Crippen LogP contribution is -2.29. The Hall–Kier alpha value is -3.41. The van der Waals surface area contributed by atoms with Crippen LogP contribution in [0.4, 0.5) is 4.39 Å². The first-order valence-electron chi connectivity index (χ1n) is 10.2. The van der Waals surface area contributed by atoms with Crippen molar-refractivity contribution in [2.24, 2.45) is 0 Å². The maximum Gasteiger partial charge on any atom is 0.340 e. The standard InChI is InChI=1S/C25H24FNO4/c1-13-11-20-23(24-22(13)14(2)16(4)30-24)15(3)18(25(29)31-20)12-21(28)27-10-9-17-7-5-6-8-19(17)26/h5-8,11H,9-10,12H2,1-4H3,(H,27,28). The molecule has 2 aromatic heterocycles. The van der Waals surface area contributed by atoms with E-state index in [2.05, 4.69) is 5.32 Å². The topological polar surface area (TPSA) is 72.5 Å². The van der Waals surface area contributed by atoms with Crippen LogP contribution in [0, 0.1) is 33.5 Å². The van der Waals surface area contributed by atoms with Gasteiger partial charge in [-0.2, -0.15) is 0 Å². The molecule has 160 valence electrons. The van der Waals surface area contributed by atoms with Crippen molar-refractivity contribution < 1.29 is 18.0 Å². The summed E-state index contributed by atoms with van der Waals surface area (Å²) < 4.78 is 25.3. The first kappa shape index (κ1) is 20.8. The number of furan rings is 1. The Balaban J connectivity index is 1.63. The molecule has 0 aliphatic heterocycles. The maximum atomic E-state index is 13.7. The van der Waals surface area contributed by atoms with E-state index in [0.29, 0.717) is 39.7 Å². The molecular formula is C25H24FNO4. The lowest BCUT2D eigenvalue weighted by Gasteiger charge is -2.10. The van der Waals surface area contributed by atoms with Crippen LogP contribution in [0.25, 0.3) is 21.9 Å².